The van der Waals surface area contributed by atoms with E-state index in [9.17, 15) is 22.8 Å². The van der Waals surface area contributed by atoms with Gasteiger partial charge in [0.05, 0.1) is 41.3 Å². The molecular weight excluding hydrogens is 633 g/mol. The van der Waals surface area contributed by atoms with E-state index in [0.717, 1.165) is 55.8 Å². The minimum absolute atomic E-state index is 0.0937. The van der Waals surface area contributed by atoms with Crippen molar-refractivity contribution in [3.63, 3.8) is 0 Å². The molecule has 0 unspecified atom stereocenters. The predicted octanol–water partition coefficient (Wildman–Crippen LogP) is 5.99. The number of amides is 2. The zero-order valence-electron chi connectivity index (χ0n) is 26.7. The number of hydrazone groups is 1. The standard InChI is InChI=1S/C34H40ClF3N6O3/c1-4-43(5-2)14-13-42(3)23-25-7-6-8-26(19-25)32(45)40-31-12-10-27(44-15-17-47-18-16-44)21-28(31)33(46)41-39-22-24-9-11-30(35)29(20-24)34(36,37)38/h6-12,19-22H,4-5,13-18,23H2,1-3H3,(H,40,45)(H,41,46)/b39-22+. The van der Waals surface area contributed by atoms with Crippen molar-refractivity contribution in [2.75, 3.05) is 69.7 Å². The Morgan fingerprint density at radius 1 is 1.00 bits per heavy atom. The Morgan fingerprint density at radius 2 is 1.74 bits per heavy atom. The fraction of sp³-hybridized carbons (Fsp3) is 0.382. The van der Waals surface area contributed by atoms with Gasteiger partial charge in [0.25, 0.3) is 11.8 Å². The van der Waals surface area contributed by atoms with Crippen LogP contribution < -0.4 is 15.6 Å². The predicted molar refractivity (Wildman–Crippen MR) is 180 cm³/mol. The third-order valence-electron chi connectivity index (χ3n) is 7.88. The zero-order chi connectivity index (χ0) is 34.0. The SMILES string of the molecule is CCN(CC)CCN(C)Cc1cccc(C(=O)Nc2ccc(N3CCOCC3)cc2C(=O)N/N=C/c2ccc(Cl)c(C(F)(F)F)c2)c1. The van der Waals surface area contributed by atoms with Crippen LogP contribution >= 0.6 is 11.6 Å². The van der Waals surface area contributed by atoms with Crippen molar-refractivity contribution in [2.24, 2.45) is 5.10 Å². The zero-order valence-corrected chi connectivity index (χ0v) is 27.5. The normalized spacial score (nSPS) is 13.9. The number of nitrogens with one attached hydrogen (secondary N) is 2. The number of morpholine rings is 1. The first kappa shape index (κ1) is 35.9. The van der Waals surface area contributed by atoms with Crippen LogP contribution in [0.2, 0.25) is 5.02 Å². The number of carbonyl (C=O) groups is 2. The molecular formula is C34H40ClF3N6O3. The lowest BCUT2D eigenvalue weighted by atomic mass is 10.1. The van der Waals surface area contributed by atoms with Crippen molar-refractivity contribution < 1.29 is 27.5 Å². The van der Waals surface area contributed by atoms with E-state index in [1.54, 1.807) is 18.2 Å². The average Bonchev–Trinajstić information content (AvgIpc) is 3.06. The fourth-order valence-electron chi connectivity index (χ4n) is 5.16. The fourth-order valence-corrected chi connectivity index (χ4v) is 5.39. The molecule has 1 aliphatic rings. The van der Waals surface area contributed by atoms with Crippen LogP contribution in [0.3, 0.4) is 0 Å². The van der Waals surface area contributed by atoms with Crippen molar-refractivity contribution in [1.29, 1.82) is 0 Å². The monoisotopic (exact) mass is 672 g/mol. The largest absolute Gasteiger partial charge is 0.417 e. The van der Waals surface area contributed by atoms with E-state index >= 15 is 0 Å². The van der Waals surface area contributed by atoms with Crippen LogP contribution in [0.4, 0.5) is 24.5 Å². The van der Waals surface area contributed by atoms with Crippen molar-refractivity contribution in [3.8, 4) is 0 Å². The molecule has 252 valence electrons. The summed E-state index contributed by atoms with van der Waals surface area (Å²) in [4.78, 5) is 33.4. The molecule has 3 aromatic carbocycles. The summed E-state index contributed by atoms with van der Waals surface area (Å²) in [5.41, 5.74) is 4.02. The molecule has 0 aromatic heterocycles. The second-order valence-corrected chi connectivity index (χ2v) is 11.6. The van der Waals surface area contributed by atoms with Gasteiger partial charge in [-0.1, -0.05) is 43.6 Å². The van der Waals surface area contributed by atoms with Crippen LogP contribution in [0.1, 0.15) is 51.3 Å². The summed E-state index contributed by atoms with van der Waals surface area (Å²) in [6, 6.07) is 15.8. The minimum atomic E-state index is -4.64. The van der Waals surface area contributed by atoms with E-state index in [1.165, 1.54) is 6.07 Å². The highest BCUT2D eigenvalue weighted by Gasteiger charge is 2.33. The number of alkyl halides is 3. The summed E-state index contributed by atoms with van der Waals surface area (Å²) in [7, 11) is 2.04. The molecule has 0 bridgehead atoms. The van der Waals surface area contributed by atoms with E-state index < -0.39 is 28.6 Å². The summed E-state index contributed by atoms with van der Waals surface area (Å²) in [6.07, 6.45) is -3.55. The number of benzene rings is 3. The molecule has 2 N–H and O–H groups in total. The van der Waals surface area contributed by atoms with Crippen LogP contribution in [0.25, 0.3) is 0 Å². The number of anilines is 2. The lowest BCUT2D eigenvalue weighted by molar-refractivity contribution is -0.137. The first-order valence-corrected chi connectivity index (χ1v) is 15.8. The maximum atomic E-state index is 13.4. The van der Waals surface area contributed by atoms with Gasteiger partial charge in [0.2, 0.25) is 0 Å². The maximum Gasteiger partial charge on any atom is 0.417 e. The highest BCUT2D eigenvalue weighted by Crippen LogP contribution is 2.35. The van der Waals surface area contributed by atoms with Gasteiger partial charge in [-0.25, -0.2) is 5.43 Å². The summed E-state index contributed by atoms with van der Waals surface area (Å²) in [5.74, 6) is -1.05. The Morgan fingerprint density at radius 3 is 2.45 bits per heavy atom. The Hall–Kier alpha value is -3.97. The number of rotatable bonds is 13. The number of likely N-dealkylation sites (N-methyl/N-ethyl adjacent to an activating group) is 2. The molecule has 13 heteroatoms. The van der Waals surface area contributed by atoms with Crippen LogP contribution in [0.5, 0.6) is 0 Å². The van der Waals surface area contributed by atoms with Gasteiger partial charge in [-0.2, -0.15) is 18.3 Å². The molecule has 0 atom stereocenters. The Kier molecular flexibility index (Phi) is 12.8. The maximum absolute atomic E-state index is 13.4. The molecule has 0 saturated carbocycles. The van der Waals surface area contributed by atoms with E-state index in [0.29, 0.717) is 38.4 Å². The van der Waals surface area contributed by atoms with Crippen LogP contribution in [-0.4, -0.2) is 87.4 Å². The molecule has 0 aliphatic carbocycles. The molecule has 9 nitrogen and oxygen atoms in total. The summed E-state index contributed by atoms with van der Waals surface area (Å²) in [6.45, 7) is 11.1. The quantitative estimate of drug-likeness (QED) is 0.172. The Bertz CT molecular complexity index is 1560. The second-order valence-electron chi connectivity index (χ2n) is 11.2. The number of halogens is 4. The molecule has 1 saturated heterocycles. The minimum Gasteiger partial charge on any atom is -0.378 e. The lowest BCUT2D eigenvalue weighted by Gasteiger charge is -2.29. The summed E-state index contributed by atoms with van der Waals surface area (Å²) < 4.78 is 45.3. The highest BCUT2D eigenvalue weighted by molar-refractivity contribution is 6.31. The van der Waals surface area contributed by atoms with Gasteiger partial charge >= 0.3 is 6.18 Å². The van der Waals surface area contributed by atoms with Gasteiger partial charge in [-0.3, -0.25) is 9.59 Å². The van der Waals surface area contributed by atoms with Crippen molar-refractivity contribution in [3.05, 3.63) is 93.5 Å². The highest BCUT2D eigenvalue weighted by atomic mass is 35.5. The number of hydrogen-bond acceptors (Lipinski definition) is 7. The molecule has 47 heavy (non-hydrogen) atoms. The molecule has 1 heterocycles. The lowest BCUT2D eigenvalue weighted by Crippen LogP contribution is -2.36. The number of ether oxygens (including phenoxy) is 1. The number of hydrogen-bond donors (Lipinski definition) is 2. The van der Waals surface area contributed by atoms with E-state index in [4.69, 9.17) is 16.3 Å². The van der Waals surface area contributed by atoms with Crippen molar-refractivity contribution in [1.82, 2.24) is 15.2 Å². The summed E-state index contributed by atoms with van der Waals surface area (Å²) in [5, 5.41) is 6.30. The van der Waals surface area contributed by atoms with Gasteiger partial charge in [0, 0.05) is 44.0 Å². The van der Waals surface area contributed by atoms with Crippen molar-refractivity contribution >= 4 is 41.0 Å². The Balaban J connectivity index is 1.51. The van der Waals surface area contributed by atoms with Crippen LogP contribution in [0.15, 0.2) is 65.8 Å². The smallest absolute Gasteiger partial charge is 0.378 e. The van der Waals surface area contributed by atoms with E-state index in [2.05, 4.69) is 44.4 Å². The molecule has 4 rings (SSSR count). The first-order chi connectivity index (χ1) is 22.5. The number of nitrogens with zero attached hydrogens (tertiary/aromatic N) is 4. The van der Waals surface area contributed by atoms with Gasteiger partial charge in [-0.15, -0.1) is 0 Å². The van der Waals surface area contributed by atoms with E-state index in [-0.39, 0.29) is 16.8 Å². The average molecular weight is 673 g/mol. The first-order valence-electron chi connectivity index (χ1n) is 15.5. The van der Waals surface area contributed by atoms with Gasteiger partial charge < -0.3 is 24.8 Å². The molecule has 2 amide bonds. The second kappa shape index (κ2) is 16.7. The van der Waals surface area contributed by atoms with Crippen molar-refractivity contribution in [2.45, 2.75) is 26.6 Å². The molecule has 0 spiro atoms. The molecule has 3 aromatic rings. The van der Waals surface area contributed by atoms with Crippen LogP contribution in [0, 0.1) is 0 Å². The molecule has 1 aliphatic heterocycles. The topological polar surface area (TPSA) is 89.5 Å². The van der Waals surface area contributed by atoms with E-state index in [1.807, 2.05) is 31.3 Å². The molecule has 1 fully saturated rings. The van der Waals surface area contributed by atoms with Crippen LogP contribution in [-0.2, 0) is 17.5 Å². The Labute approximate surface area is 278 Å². The summed E-state index contributed by atoms with van der Waals surface area (Å²) >= 11 is 5.71. The van der Waals surface area contributed by atoms with Gasteiger partial charge in [-0.05, 0) is 73.7 Å². The third kappa shape index (κ3) is 10.3. The van der Waals surface area contributed by atoms with Gasteiger partial charge in [0.1, 0.15) is 0 Å². The number of carbonyl (C=O) groups excluding carboxylic acids is 2. The molecule has 0 radical (unpaired) electrons. The third-order valence-corrected chi connectivity index (χ3v) is 8.21. The van der Waals surface area contributed by atoms with Gasteiger partial charge in [0.15, 0.2) is 0 Å².